The van der Waals surface area contributed by atoms with Gasteiger partial charge in [0.1, 0.15) is 0 Å². The molecule has 0 unspecified atom stereocenters. The SMILES string of the molecule is C=CCCOCc1ccc([C@H]2CC[C@H]([C@H]3CC[C@H](C=CC)CC3)CC2)cc1. The van der Waals surface area contributed by atoms with E-state index in [4.69, 9.17) is 4.74 Å². The molecule has 2 saturated carbocycles. The lowest BCUT2D eigenvalue weighted by atomic mass is 9.68. The van der Waals surface area contributed by atoms with Gasteiger partial charge in [0, 0.05) is 0 Å². The van der Waals surface area contributed by atoms with Crippen molar-refractivity contribution in [2.45, 2.75) is 77.2 Å². The van der Waals surface area contributed by atoms with Crippen LogP contribution in [0.1, 0.15) is 81.8 Å². The van der Waals surface area contributed by atoms with Gasteiger partial charge in [-0.3, -0.25) is 0 Å². The van der Waals surface area contributed by atoms with Crippen LogP contribution in [-0.2, 0) is 11.3 Å². The van der Waals surface area contributed by atoms with Crippen molar-refractivity contribution in [1.82, 2.24) is 0 Å². The highest BCUT2D eigenvalue weighted by molar-refractivity contribution is 5.25. The first-order valence-electron chi connectivity index (χ1n) is 11.2. The molecular weight excluding hydrogens is 328 g/mol. The van der Waals surface area contributed by atoms with Crippen molar-refractivity contribution >= 4 is 0 Å². The van der Waals surface area contributed by atoms with Gasteiger partial charge in [0.2, 0.25) is 0 Å². The summed E-state index contributed by atoms with van der Waals surface area (Å²) < 4.78 is 5.67. The van der Waals surface area contributed by atoms with Crippen molar-refractivity contribution in [1.29, 1.82) is 0 Å². The zero-order valence-corrected chi connectivity index (χ0v) is 17.2. The lowest BCUT2D eigenvalue weighted by Gasteiger charge is -2.37. The zero-order valence-electron chi connectivity index (χ0n) is 17.2. The minimum Gasteiger partial charge on any atom is -0.376 e. The van der Waals surface area contributed by atoms with Gasteiger partial charge in [0.05, 0.1) is 13.2 Å². The Hall–Kier alpha value is -1.34. The third kappa shape index (κ3) is 6.07. The molecule has 0 amide bonds. The van der Waals surface area contributed by atoms with E-state index >= 15 is 0 Å². The second-order valence-electron chi connectivity index (χ2n) is 8.68. The van der Waals surface area contributed by atoms with Crippen LogP contribution in [0.25, 0.3) is 0 Å². The van der Waals surface area contributed by atoms with Gasteiger partial charge in [-0.05, 0) is 99.5 Å². The molecule has 0 spiro atoms. The molecule has 1 heteroatoms. The molecule has 1 aromatic rings. The summed E-state index contributed by atoms with van der Waals surface area (Å²) in [6.45, 7) is 7.38. The van der Waals surface area contributed by atoms with Crippen molar-refractivity contribution in [3.8, 4) is 0 Å². The maximum Gasteiger partial charge on any atom is 0.0717 e. The van der Waals surface area contributed by atoms with E-state index in [1.807, 2.05) is 6.08 Å². The Morgan fingerprint density at radius 2 is 1.56 bits per heavy atom. The molecule has 2 aliphatic rings. The van der Waals surface area contributed by atoms with Gasteiger partial charge in [-0.2, -0.15) is 0 Å². The molecule has 3 rings (SSSR count). The molecule has 0 aliphatic heterocycles. The number of hydrogen-bond donors (Lipinski definition) is 0. The fourth-order valence-electron chi connectivity index (χ4n) is 5.25. The first-order chi connectivity index (χ1) is 13.3. The molecule has 27 heavy (non-hydrogen) atoms. The molecule has 148 valence electrons. The van der Waals surface area contributed by atoms with Gasteiger partial charge in [-0.15, -0.1) is 6.58 Å². The monoisotopic (exact) mass is 366 g/mol. The number of allylic oxidation sites excluding steroid dienone is 2. The van der Waals surface area contributed by atoms with Crippen LogP contribution in [0.5, 0.6) is 0 Å². The standard InChI is InChI=1S/C26H38O/c1-3-5-19-27-20-22-9-13-24(14-10-22)26-17-15-25(16-18-26)23-11-7-21(6-4-2)8-12-23/h3-4,6,9-10,13-14,21,23,25-26H,1,5,7-8,11-12,15-20H2,2H3/t21-,23-,25-,26-. The van der Waals surface area contributed by atoms with Crippen LogP contribution in [0.15, 0.2) is 49.1 Å². The number of hydrogen-bond acceptors (Lipinski definition) is 1. The van der Waals surface area contributed by atoms with Crippen molar-refractivity contribution < 1.29 is 4.74 Å². The minimum atomic E-state index is 0.719. The molecule has 0 radical (unpaired) electrons. The smallest absolute Gasteiger partial charge is 0.0717 e. The Morgan fingerprint density at radius 3 is 2.15 bits per heavy atom. The molecule has 2 aliphatic carbocycles. The average molecular weight is 367 g/mol. The largest absolute Gasteiger partial charge is 0.376 e. The van der Waals surface area contributed by atoms with Gasteiger partial charge < -0.3 is 4.74 Å². The third-order valence-corrected chi connectivity index (χ3v) is 6.91. The summed E-state index contributed by atoms with van der Waals surface area (Å²) in [6.07, 6.45) is 18.9. The van der Waals surface area contributed by atoms with Crippen LogP contribution in [0, 0.1) is 17.8 Å². The Balaban J connectivity index is 1.42. The number of rotatable bonds is 8. The highest BCUT2D eigenvalue weighted by Gasteiger charge is 2.30. The Bertz CT molecular complexity index is 569. The van der Waals surface area contributed by atoms with E-state index in [1.165, 1.54) is 56.9 Å². The molecule has 0 heterocycles. The second kappa shape index (κ2) is 10.9. The quantitative estimate of drug-likeness (QED) is 0.343. The normalized spacial score (nSPS) is 29.1. The van der Waals surface area contributed by atoms with Gasteiger partial charge in [-0.25, -0.2) is 0 Å². The van der Waals surface area contributed by atoms with E-state index in [0.29, 0.717) is 0 Å². The van der Waals surface area contributed by atoms with Gasteiger partial charge in [0.15, 0.2) is 0 Å². The summed E-state index contributed by atoms with van der Waals surface area (Å²) in [6, 6.07) is 9.22. The Labute approximate surface area is 166 Å². The van der Waals surface area contributed by atoms with Gasteiger partial charge in [0.25, 0.3) is 0 Å². The molecule has 0 bridgehead atoms. The molecule has 1 aromatic carbocycles. The minimum absolute atomic E-state index is 0.719. The van der Waals surface area contributed by atoms with Crippen LogP contribution in [0.3, 0.4) is 0 Å². The third-order valence-electron chi connectivity index (χ3n) is 6.91. The second-order valence-corrected chi connectivity index (χ2v) is 8.68. The van der Waals surface area contributed by atoms with Gasteiger partial charge in [-0.1, -0.05) is 42.5 Å². The highest BCUT2D eigenvalue weighted by Crippen LogP contribution is 2.44. The molecule has 0 aromatic heterocycles. The van der Waals surface area contributed by atoms with E-state index < -0.39 is 0 Å². The van der Waals surface area contributed by atoms with Crippen molar-refractivity contribution in [3.05, 3.63) is 60.2 Å². The van der Waals surface area contributed by atoms with Gasteiger partial charge >= 0.3 is 0 Å². The van der Waals surface area contributed by atoms with Crippen LogP contribution >= 0.6 is 0 Å². The number of ether oxygens (including phenoxy) is 1. The zero-order chi connectivity index (χ0) is 18.9. The van der Waals surface area contributed by atoms with Crippen LogP contribution in [-0.4, -0.2) is 6.61 Å². The predicted molar refractivity (Wildman–Crippen MR) is 116 cm³/mol. The maximum atomic E-state index is 5.67. The van der Waals surface area contributed by atoms with E-state index in [1.54, 1.807) is 5.56 Å². The fourth-order valence-corrected chi connectivity index (χ4v) is 5.25. The molecule has 2 fully saturated rings. The molecule has 0 N–H and O–H groups in total. The van der Waals surface area contributed by atoms with Crippen LogP contribution in [0.4, 0.5) is 0 Å². The lowest BCUT2D eigenvalue weighted by Crippen LogP contribution is -2.25. The van der Waals surface area contributed by atoms with Crippen molar-refractivity contribution in [2.24, 2.45) is 17.8 Å². The maximum absolute atomic E-state index is 5.67. The molecule has 0 saturated heterocycles. The molecule has 0 atom stereocenters. The van der Waals surface area contributed by atoms with Crippen molar-refractivity contribution in [3.63, 3.8) is 0 Å². The predicted octanol–water partition coefficient (Wildman–Crippen LogP) is 7.44. The summed E-state index contributed by atoms with van der Waals surface area (Å²) >= 11 is 0. The number of benzene rings is 1. The van der Waals surface area contributed by atoms with Crippen molar-refractivity contribution in [2.75, 3.05) is 6.61 Å². The van der Waals surface area contributed by atoms with E-state index in [9.17, 15) is 0 Å². The summed E-state index contributed by atoms with van der Waals surface area (Å²) in [4.78, 5) is 0. The average Bonchev–Trinajstić information content (AvgIpc) is 2.73. The van der Waals surface area contributed by atoms with Crippen LogP contribution in [0.2, 0.25) is 0 Å². The Kier molecular flexibility index (Phi) is 8.20. The van der Waals surface area contributed by atoms with E-state index in [2.05, 4.69) is 49.9 Å². The van der Waals surface area contributed by atoms with E-state index in [0.717, 1.165) is 43.3 Å². The summed E-state index contributed by atoms with van der Waals surface area (Å²) in [7, 11) is 0. The lowest BCUT2D eigenvalue weighted by molar-refractivity contribution is 0.125. The first kappa shape index (κ1) is 20.4. The van der Waals surface area contributed by atoms with Crippen LogP contribution < -0.4 is 0 Å². The summed E-state index contributed by atoms with van der Waals surface area (Å²) in [5.41, 5.74) is 2.83. The highest BCUT2D eigenvalue weighted by atomic mass is 16.5. The molecular formula is C26H38O. The summed E-state index contributed by atoms with van der Waals surface area (Å²) in [5.74, 6) is 3.63. The first-order valence-corrected chi connectivity index (χ1v) is 11.2. The van der Waals surface area contributed by atoms with E-state index in [-0.39, 0.29) is 0 Å². The fraction of sp³-hybridized carbons (Fsp3) is 0.615. The summed E-state index contributed by atoms with van der Waals surface area (Å²) in [5, 5.41) is 0. The topological polar surface area (TPSA) is 9.23 Å². The Morgan fingerprint density at radius 1 is 0.926 bits per heavy atom. The molecule has 1 nitrogen and oxygen atoms in total.